The van der Waals surface area contributed by atoms with Crippen molar-refractivity contribution in [2.24, 2.45) is 0 Å². The van der Waals surface area contributed by atoms with Crippen molar-refractivity contribution in [3.63, 3.8) is 0 Å². The van der Waals surface area contributed by atoms with Gasteiger partial charge in [-0.2, -0.15) is 0 Å². The molecule has 0 aliphatic carbocycles. The van der Waals surface area contributed by atoms with E-state index in [-0.39, 0.29) is 5.75 Å². The number of imidazole rings is 1. The molecule has 0 bridgehead atoms. The second kappa shape index (κ2) is 3.49. The summed E-state index contributed by atoms with van der Waals surface area (Å²) in [4.78, 5) is 7.86. The van der Waals surface area contributed by atoms with E-state index in [4.69, 9.17) is 4.74 Å². The van der Waals surface area contributed by atoms with Crippen molar-refractivity contribution >= 4 is 11.0 Å². The number of aromatic amines is 1. The molecule has 1 saturated heterocycles. The summed E-state index contributed by atoms with van der Waals surface area (Å²) in [7, 11) is 0. The number of hydrogen-bond donors (Lipinski definition) is 2. The zero-order valence-corrected chi connectivity index (χ0v) is 9.16. The summed E-state index contributed by atoms with van der Waals surface area (Å²) in [5.74, 6) is 1.62. The molecule has 1 aromatic carbocycles. The van der Waals surface area contributed by atoms with Gasteiger partial charge in [0.1, 0.15) is 11.6 Å². The maximum Gasteiger partial charge on any atom is 0.118 e. The molecule has 1 atom stereocenters. The zero-order valence-electron chi connectivity index (χ0n) is 9.16. The van der Waals surface area contributed by atoms with E-state index in [2.05, 4.69) is 9.97 Å². The molecule has 4 heteroatoms. The number of nitrogens with zero attached hydrogens (tertiary/aromatic N) is 1. The first-order valence-electron chi connectivity index (χ1n) is 5.51. The summed E-state index contributed by atoms with van der Waals surface area (Å²) in [6, 6.07) is 3.45. The minimum atomic E-state index is 0.280. The Morgan fingerprint density at radius 2 is 2.38 bits per heavy atom. The molecule has 0 saturated carbocycles. The number of H-pyrrole nitrogens is 1. The fourth-order valence-electron chi connectivity index (χ4n) is 2.23. The highest BCUT2D eigenvalue weighted by Crippen LogP contribution is 2.28. The predicted octanol–water partition coefficient (Wildman–Crippen LogP) is 2.08. The van der Waals surface area contributed by atoms with Gasteiger partial charge in [-0.15, -0.1) is 0 Å². The average Bonchev–Trinajstić information content (AvgIpc) is 2.82. The highest BCUT2D eigenvalue weighted by molar-refractivity contribution is 5.80. The molecule has 16 heavy (non-hydrogen) atoms. The van der Waals surface area contributed by atoms with Gasteiger partial charge in [-0.25, -0.2) is 4.98 Å². The van der Waals surface area contributed by atoms with E-state index >= 15 is 0 Å². The van der Waals surface area contributed by atoms with Crippen LogP contribution < -0.4 is 0 Å². The number of aryl methyl sites for hydroxylation is 1. The molecule has 2 heterocycles. The van der Waals surface area contributed by atoms with Crippen molar-refractivity contribution < 1.29 is 9.84 Å². The lowest BCUT2D eigenvalue weighted by Crippen LogP contribution is -1.99. The van der Waals surface area contributed by atoms with Crippen molar-refractivity contribution in [2.75, 3.05) is 13.2 Å². The Morgan fingerprint density at radius 3 is 3.12 bits per heavy atom. The lowest BCUT2D eigenvalue weighted by atomic mass is 10.1. The molecular weight excluding hydrogens is 204 g/mol. The van der Waals surface area contributed by atoms with Crippen LogP contribution in [0, 0.1) is 6.92 Å². The number of ether oxygens (including phenoxy) is 1. The number of fused-ring (bicyclic) bond motifs is 1. The van der Waals surface area contributed by atoms with Crippen LogP contribution in [-0.4, -0.2) is 28.3 Å². The minimum Gasteiger partial charge on any atom is -0.508 e. The molecule has 84 valence electrons. The van der Waals surface area contributed by atoms with Crippen LogP contribution in [-0.2, 0) is 4.74 Å². The molecular formula is C12H14N2O2. The molecule has 1 aliphatic rings. The van der Waals surface area contributed by atoms with Gasteiger partial charge in [0.15, 0.2) is 0 Å². The van der Waals surface area contributed by atoms with E-state index in [0.29, 0.717) is 5.92 Å². The molecule has 1 unspecified atom stereocenters. The molecule has 2 aromatic rings. The predicted molar refractivity (Wildman–Crippen MR) is 60.7 cm³/mol. The Bertz CT molecular complexity index is 527. The third-order valence-electron chi connectivity index (χ3n) is 3.10. The number of benzene rings is 1. The van der Waals surface area contributed by atoms with Crippen LogP contribution in [0.4, 0.5) is 0 Å². The number of hydrogen-bond acceptors (Lipinski definition) is 3. The van der Waals surface area contributed by atoms with Gasteiger partial charge in [-0.1, -0.05) is 0 Å². The SMILES string of the molecule is Cc1cc(O)cc2[nH]c(C3CCOC3)nc12. The van der Waals surface area contributed by atoms with Crippen molar-refractivity contribution in [3.05, 3.63) is 23.5 Å². The lowest BCUT2D eigenvalue weighted by Gasteiger charge is -2.00. The monoisotopic (exact) mass is 218 g/mol. The number of rotatable bonds is 1. The first-order valence-corrected chi connectivity index (χ1v) is 5.51. The third kappa shape index (κ3) is 1.46. The molecule has 1 aliphatic heterocycles. The number of phenolic OH excluding ortho intramolecular Hbond substituents is 1. The minimum absolute atomic E-state index is 0.280. The molecule has 1 aromatic heterocycles. The quantitative estimate of drug-likeness (QED) is 0.770. The number of nitrogens with one attached hydrogen (secondary N) is 1. The highest BCUT2D eigenvalue weighted by atomic mass is 16.5. The van der Waals surface area contributed by atoms with Gasteiger partial charge < -0.3 is 14.8 Å². The summed E-state index contributed by atoms with van der Waals surface area (Å²) in [6.07, 6.45) is 1.02. The Balaban J connectivity index is 2.11. The summed E-state index contributed by atoms with van der Waals surface area (Å²) in [5, 5.41) is 9.51. The van der Waals surface area contributed by atoms with E-state index in [1.54, 1.807) is 12.1 Å². The van der Waals surface area contributed by atoms with Crippen LogP contribution in [0.15, 0.2) is 12.1 Å². The Labute approximate surface area is 93.3 Å². The van der Waals surface area contributed by atoms with Gasteiger partial charge in [0, 0.05) is 18.6 Å². The second-order valence-electron chi connectivity index (χ2n) is 4.34. The van der Waals surface area contributed by atoms with Crippen molar-refractivity contribution in [2.45, 2.75) is 19.3 Å². The summed E-state index contributed by atoms with van der Waals surface area (Å²) >= 11 is 0. The Kier molecular flexibility index (Phi) is 2.11. The maximum atomic E-state index is 9.51. The van der Waals surface area contributed by atoms with Crippen LogP contribution >= 0.6 is 0 Å². The first-order chi connectivity index (χ1) is 7.74. The molecule has 0 spiro atoms. The van der Waals surface area contributed by atoms with Gasteiger partial charge in [-0.3, -0.25) is 0 Å². The zero-order chi connectivity index (χ0) is 11.1. The number of aromatic nitrogens is 2. The van der Waals surface area contributed by atoms with Crippen LogP contribution in [0.25, 0.3) is 11.0 Å². The van der Waals surface area contributed by atoms with Gasteiger partial charge in [0.25, 0.3) is 0 Å². The molecule has 0 amide bonds. The highest BCUT2D eigenvalue weighted by Gasteiger charge is 2.21. The van der Waals surface area contributed by atoms with Crippen LogP contribution in [0.2, 0.25) is 0 Å². The fraction of sp³-hybridized carbons (Fsp3) is 0.417. The van der Waals surface area contributed by atoms with E-state index < -0.39 is 0 Å². The Hall–Kier alpha value is -1.55. The van der Waals surface area contributed by atoms with Crippen molar-refractivity contribution in [3.8, 4) is 5.75 Å². The fourth-order valence-corrected chi connectivity index (χ4v) is 2.23. The number of aromatic hydroxyl groups is 1. The molecule has 0 radical (unpaired) electrons. The second-order valence-corrected chi connectivity index (χ2v) is 4.34. The topological polar surface area (TPSA) is 58.1 Å². The van der Waals surface area contributed by atoms with E-state index in [9.17, 15) is 5.11 Å². The lowest BCUT2D eigenvalue weighted by molar-refractivity contribution is 0.193. The van der Waals surface area contributed by atoms with Crippen LogP contribution in [0.3, 0.4) is 0 Å². The van der Waals surface area contributed by atoms with Crippen LogP contribution in [0.5, 0.6) is 5.75 Å². The van der Waals surface area contributed by atoms with E-state index in [1.165, 1.54) is 0 Å². The standard InChI is InChI=1S/C12H14N2O2/c1-7-4-9(15)5-10-11(7)14-12(13-10)8-2-3-16-6-8/h4-5,8,15H,2-3,6H2,1H3,(H,13,14). The molecule has 4 nitrogen and oxygen atoms in total. The normalized spacial score (nSPS) is 20.7. The van der Waals surface area contributed by atoms with E-state index in [1.807, 2.05) is 6.92 Å². The van der Waals surface area contributed by atoms with Gasteiger partial charge in [0.05, 0.1) is 17.6 Å². The third-order valence-corrected chi connectivity index (χ3v) is 3.10. The van der Waals surface area contributed by atoms with Gasteiger partial charge in [-0.05, 0) is 25.0 Å². The van der Waals surface area contributed by atoms with Crippen molar-refractivity contribution in [1.29, 1.82) is 0 Å². The molecule has 2 N–H and O–H groups in total. The Morgan fingerprint density at radius 1 is 1.50 bits per heavy atom. The van der Waals surface area contributed by atoms with Crippen LogP contribution in [0.1, 0.15) is 23.7 Å². The van der Waals surface area contributed by atoms with Gasteiger partial charge in [0.2, 0.25) is 0 Å². The molecule has 3 rings (SSSR count). The average molecular weight is 218 g/mol. The first kappa shape index (κ1) is 9.66. The maximum absolute atomic E-state index is 9.51. The largest absolute Gasteiger partial charge is 0.508 e. The summed E-state index contributed by atoms with van der Waals surface area (Å²) in [5.41, 5.74) is 2.84. The number of phenols is 1. The summed E-state index contributed by atoms with van der Waals surface area (Å²) in [6.45, 7) is 3.51. The van der Waals surface area contributed by atoms with Gasteiger partial charge >= 0.3 is 0 Å². The molecule has 1 fully saturated rings. The smallest absolute Gasteiger partial charge is 0.118 e. The van der Waals surface area contributed by atoms with Crippen molar-refractivity contribution in [1.82, 2.24) is 9.97 Å². The summed E-state index contributed by atoms with van der Waals surface area (Å²) < 4.78 is 5.35. The van der Waals surface area contributed by atoms with E-state index in [0.717, 1.165) is 42.1 Å².